The van der Waals surface area contributed by atoms with E-state index in [-0.39, 0.29) is 42.0 Å². The molecule has 18 heteroatoms. The second kappa shape index (κ2) is 10.7. The van der Waals surface area contributed by atoms with Gasteiger partial charge in [0.05, 0.1) is 36.0 Å². The normalized spacial score (nSPS) is 19.8. The van der Waals surface area contributed by atoms with Crippen molar-refractivity contribution >= 4 is 17.6 Å². The summed E-state index contributed by atoms with van der Waals surface area (Å²) in [5.74, 6) is -1.97. The van der Waals surface area contributed by atoms with Crippen LogP contribution in [0.2, 0.25) is 0 Å². The van der Waals surface area contributed by atoms with Gasteiger partial charge in [-0.1, -0.05) is 19.0 Å². The number of carbonyl (C=O) groups is 2. The number of hydrogen-bond donors (Lipinski definition) is 2. The third kappa shape index (κ3) is 5.84. The summed E-state index contributed by atoms with van der Waals surface area (Å²) in [6.07, 6.45) is -8.05. The Balaban J connectivity index is 1.63. The maximum absolute atomic E-state index is 13.6. The highest BCUT2D eigenvalue weighted by molar-refractivity contribution is 5.91. The molecule has 1 aliphatic rings. The summed E-state index contributed by atoms with van der Waals surface area (Å²) in [5.41, 5.74) is 1.23. The molecule has 4 heterocycles. The number of alkyl halides is 6. The fraction of sp³-hybridized carbons (Fsp3) is 0.583. The summed E-state index contributed by atoms with van der Waals surface area (Å²) in [4.78, 5) is 29.7. The molecular weight excluding hydrogens is 578 g/mol. The van der Waals surface area contributed by atoms with Gasteiger partial charge in [0.2, 0.25) is 0 Å². The Labute approximate surface area is 234 Å². The number of urea groups is 1. The van der Waals surface area contributed by atoms with Crippen molar-refractivity contribution in [2.24, 2.45) is 11.1 Å². The fourth-order valence-corrected chi connectivity index (χ4v) is 4.56. The molecule has 3 N–H and O–H groups in total. The van der Waals surface area contributed by atoms with Crippen LogP contribution in [-0.4, -0.2) is 79.5 Å². The van der Waals surface area contributed by atoms with Gasteiger partial charge < -0.3 is 15.8 Å². The minimum Gasteiger partial charge on any atom is -0.364 e. The molecule has 1 saturated heterocycles. The number of rotatable bonds is 10. The number of imidazole rings is 1. The van der Waals surface area contributed by atoms with Crippen molar-refractivity contribution in [1.29, 1.82) is 0 Å². The zero-order chi connectivity index (χ0) is 31.3. The number of aromatic nitrogens is 5. The van der Waals surface area contributed by atoms with Gasteiger partial charge in [0.15, 0.2) is 16.9 Å². The van der Waals surface area contributed by atoms with Crippen LogP contribution < -0.4 is 11.1 Å². The number of fused-ring (bicyclic) bond motifs is 1. The molecule has 3 atom stereocenters. The summed E-state index contributed by atoms with van der Waals surface area (Å²) >= 11 is 0. The zero-order valence-electron chi connectivity index (χ0n) is 22.9. The van der Waals surface area contributed by atoms with Gasteiger partial charge in [0.25, 0.3) is 5.91 Å². The van der Waals surface area contributed by atoms with Crippen LogP contribution in [0.15, 0.2) is 23.1 Å². The van der Waals surface area contributed by atoms with Gasteiger partial charge in [-0.15, -0.1) is 0 Å². The van der Waals surface area contributed by atoms with E-state index >= 15 is 0 Å². The molecule has 0 bridgehead atoms. The molecule has 12 nitrogen and oxygen atoms in total. The van der Waals surface area contributed by atoms with E-state index in [1.54, 1.807) is 0 Å². The molecule has 0 unspecified atom stereocenters. The fourth-order valence-electron chi connectivity index (χ4n) is 4.56. The Morgan fingerprint density at radius 1 is 1.24 bits per heavy atom. The van der Waals surface area contributed by atoms with Gasteiger partial charge in [-0.05, 0) is 36.6 Å². The molecule has 0 radical (unpaired) electrons. The highest BCUT2D eigenvalue weighted by Crippen LogP contribution is 2.44. The van der Waals surface area contributed by atoms with E-state index in [0.29, 0.717) is 5.56 Å². The Morgan fingerprint density at radius 3 is 2.50 bits per heavy atom. The summed E-state index contributed by atoms with van der Waals surface area (Å²) in [7, 11) is 1.25. The van der Waals surface area contributed by atoms with Crippen LogP contribution in [0.1, 0.15) is 67.0 Å². The molecule has 42 heavy (non-hydrogen) atoms. The maximum Gasteiger partial charge on any atom is 0.413 e. The second-order valence-electron chi connectivity index (χ2n) is 10.9. The second-order valence-corrected chi connectivity index (χ2v) is 10.9. The molecule has 3 aromatic heterocycles. The van der Waals surface area contributed by atoms with Crippen LogP contribution in [0.3, 0.4) is 0 Å². The molecular formula is C24H28F6N8O4. The lowest BCUT2D eigenvalue weighted by Gasteiger charge is -2.29. The molecule has 1 fully saturated rings. The number of nitrogens with one attached hydrogen (secondary N) is 1. The lowest BCUT2D eigenvalue weighted by atomic mass is 9.82. The van der Waals surface area contributed by atoms with Crippen molar-refractivity contribution in [3.8, 4) is 0 Å². The zero-order valence-corrected chi connectivity index (χ0v) is 22.9. The standard InChI is InChI=1S/C24H28F6N8O4/c1-21(2,23(25,26)27)6-5-13(17-18(19(31)39)36-42-35-17)14-10-38-15(33-14)7-12(9-32-38)8-16(41-4)37-11-22(3,24(28,29)30)34-20(37)40/h7,9-10,13,16H,5-6,8,11H2,1-4H3,(H2,31,39)(H,34,40)/t13-,16-,22-/m0/s1. The van der Waals surface area contributed by atoms with Crippen LogP contribution in [0.5, 0.6) is 0 Å². The smallest absolute Gasteiger partial charge is 0.364 e. The quantitative estimate of drug-likeness (QED) is 0.332. The summed E-state index contributed by atoms with van der Waals surface area (Å²) in [6, 6.07) is 0.585. The molecule has 0 aromatic carbocycles. The van der Waals surface area contributed by atoms with Crippen LogP contribution >= 0.6 is 0 Å². The van der Waals surface area contributed by atoms with Crippen molar-refractivity contribution in [2.75, 3.05) is 13.7 Å². The van der Waals surface area contributed by atoms with E-state index in [1.807, 2.05) is 5.32 Å². The minimum absolute atomic E-state index is 0.0498. The number of nitrogens with zero attached hydrogens (tertiary/aromatic N) is 6. The van der Waals surface area contributed by atoms with Gasteiger partial charge in [-0.2, -0.15) is 31.4 Å². The number of amides is 3. The summed E-state index contributed by atoms with van der Waals surface area (Å²) in [5, 5.41) is 13.4. The van der Waals surface area contributed by atoms with Gasteiger partial charge in [-0.25, -0.2) is 18.9 Å². The van der Waals surface area contributed by atoms with Crippen molar-refractivity contribution in [1.82, 2.24) is 35.1 Å². The van der Waals surface area contributed by atoms with E-state index in [9.17, 15) is 35.9 Å². The van der Waals surface area contributed by atoms with Crippen LogP contribution in [-0.2, 0) is 11.2 Å². The van der Waals surface area contributed by atoms with E-state index in [0.717, 1.165) is 25.7 Å². The van der Waals surface area contributed by atoms with E-state index < -0.39 is 53.9 Å². The van der Waals surface area contributed by atoms with Crippen LogP contribution in [0, 0.1) is 5.41 Å². The van der Waals surface area contributed by atoms with Gasteiger partial charge >= 0.3 is 18.4 Å². The maximum atomic E-state index is 13.6. The predicted molar refractivity (Wildman–Crippen MR) is 131 cm³/mol. The number of halogens is 6. The number of methoxy groups -OCH3 is 1. The largest absolute Gasteiger partial charge is 0.413 e. The summed E-state index contributed by atoms with van der Waals surface area (Å²) < 4.78 is 92.5. The van der Waals surface area contributed by atoms with E-state index in [1.165, 1.54) is 30.1 Å². The van der Waals surface area contributed by atoms with Crippen LogP contribution in [0.25, 0.3) is 5.65 Å². The van der Waals surface area contributed by atoms with Crippen molar-refractivity contribution in [3.05, 3.63) is 41.1 Å². The Bertz CT molecular complexity index is 1470. The first-order valence-electron chi connectivity index (χ1n) is 12.6. The number of hydrogen-bond acceptors (Lipinski definition) is 8. The Morgan fingerprint density at radius 2 is 1.93 bits per heavy atom. The molecule has 1 aliphatic heterocycles. The number of carbonyl (C=O) groups excluding carboxylic acids is 2. The minimum atomic E-state index is -4.69. The van der Waals surface area contributed by atoms with Crippen molar-refractivity contribution in [2.45, 2.75) is 70.1 Å². The first-order valence-corrected chi connectivity index (χ1v) is 12.6. The lowest BCUT2D eigenvalue weighted by Crippen LogP contribution is -2.53. The molecule has 4 rings (SSSR count). The first-order chi connectivity index (χ1) is 19.4. The number of ether oxygens (including phenoxy) is 1. The van der Waals surface area contributed by atoms with Gasteiger partial charge in [-0.3, -0.25) is 9.69 Å². The Hall–Kier alpha value is -3.96. The average Bonchev–Trinajstić information content (AvgIpc) is 3.59. The van der Waals surface area contributed by atoms with Gasteiger partial charge in [0.1, 0.15) is 11.9 Å². The van der Waals surface area contributed by atoms with Crippen molar-refractivity contribution < 1.29 is 45.3 Å². The SMILES string of the molecule is CO[C@@H](Cc1cnn2cc([C@H](CCC(C)(C)C(F)(F)F)c3nonc3C(N)=O)nc2c1)N1C[C@@](C)(C(F)(F)F)NC1=O. The Kier molecular flexibility index (Phi) is 7.90. The number of primary amides is 1. The van der Waals surface area contributed by atoms with E-state index in [4.69, 9.17) is 10.5 Å². The first kappa shape index (κ1) is 31.0. The average molecular weight is 607 g/mol. The predicted octanol–water partition coefficient (Wildman–Crippen LogP) is 3.57. The topological polar surface area (TPSA) is 154 Å². The lowest BCUT2D eigenvalue weighted by molar-refractivity contribution is -0.214. The monoisotopic (exact) mass is 606 g/mol. The molecule has 3 aromatic rings. The van der Waals surface area contributed by atoms with Gasteiger partial charge in [0, 0.05) is 13.5 Å². The summed E-state index contributed by atoms with van der Waals surface area (Å²) in [6.45, 7) is 2.28. The number of nitrogens with two attached hydrogens (primary N) is 1. The van der Waals surface area contributed by atoms with Crippen LogP contribution in [0.4, 0.5) is 31.1 Å². The molecule has 0 aliphatic carbocycles. The van der Waals surface area contributed by atoms with Crippen molar-refractivity contribution in [3.63, 3.8) is 0 Å². The molecule has 230 valence electrons. The molecule has 0 spiro atoms. The third-order valence-electron chi connectivity index (χ3n) is 7.44. The highest BCUT2D eigenvalue weighted by Gasteiger charge is 2.58. The van der Waals surface area contributed by atoms with E-state index in [2.05, 4.69) is 25.0 Å². The molecule has 3 amide bonds. The highest BCUT2D eigenvalue weighted by atomic mass is 19.4. The molecule has 0 saturated carbocycles. The third-order valence-corrected chi connectivity index (χ3v) is 7.44.